The van der Waals surface area contributed by atoms with Crippen LogP contribution >= 0.6 is 0 Å². The van der Waals surface area contributed by atoms with E-state index in [1.165, 1.54) is 4.90 Å². The second kappa shape index (κ2) is 11.2. The van der Waals surface area contributed by atoms with Crippen LogP contribution in [0.1, 0.15) is 20.3 Å². The summed E-state index contributed by atoms with van der Waals surface area (Å²) in [6.07, 6.45) is -3.24. The SMILES string of the molecule is CCN(CC1CCN(C(=NC)NCC(C)CN2CCOCC2)C1)CC(F)(F)F. The molecule has 0 saturated carbocycles. The van der Waals surface area contributed by atoms with Gasteiger partial charge in [-0.1, -0.05) is 13.8 Å². The first-order valence-electron chi connectivity index (χ1n) is 10.4. The van der Waals surface area contributed by atoms with Crippen molar-refractivity contribution in [2.75, 3.05) is 79.2 Å². The van der Waals surface area contributed by atoms with Gasteiger partial charge in [0, 0.05) is 52.9 Å². The molecule has 6 nitrogen and oxygen atoms in total. The molecule has 2 aliphatic heterocycles. The number of aliphatic imine (C=N–C) groups is 1. The van der Waals surface area contributed by atoms with E-state index in [1.807, 2.05) is 0 Å². The fourth-order valence-electron chi connectivity index (χ4n) is 3.99. The van der Waals surface area contributed by atoms with Gasteiger partial charge in [0.05, 0.1) is 19.8 Å². The van der Waals surface area contributed by atoms with Gasteiger partial charge in [0.1, 0.15) is 0 Å². The molecule has 0 radical (unpaired) electrons. The first-order valence-corrected chi connectivity index (χ1v) is 10.4. The molecule has 2 aliphatic rings. The van der Waals surface area contributed by atoms with E-state index < -0.39 is 12.7 Å². The Balaban J connectivity index is 1.74. The molecule has 9 heteroatoms. The van der Waals surface area contributed by atoms with Crippen molar-refractivity contribution < 1.29 is 17.9 Å². The van der Waals surface area contributed by atoms with Crippen LogP contribution in [0.4, 0.5) is 13.2 Å². The quantitative estimate of drug-likeness (QED) is 0.491. The lowest BCUT2D eigenvalue weighted by molar-refractivity contribution is -0.146. The topological polar surface area (TPSA) is 43.3 Å². The summed E-state index contributed by atoms with van der Waals surface area (Å²) in [4.78, 5) is 10.5. The molecule has 2 heterocycles. The molecule has 2 rings (SSSR count). The molecule has 164 valence electrons. The van der Waals surface area contributed by atoms with E-state index in [0.29, 0.717) is 19.0 Å². The van der Waals surface area contributed by atoms with Crippen molar-refractivity contribution >= 4 is 5.96 Å². The van der Waals surface area contributed by atoms with Crippen molar-refractivity contribution in [1.82, 2.24) is 20.0 Å². The van der Waals surface area contributed by atoms with E-state index in [2.05, 4.69) is 27.0 Å². The summed E-state index contributed by atoms with van der Waals surface area (Å²) >= 11 is 0. The fourth-order valence-corrected chi connectivity index (χ4v) is 3.99. The van der Waals surface area contributed by atoms with E-state index in [4.69, 9.17) is 4.74 Å². The molecule has 0 bridgehead atoms. The van der Waals surface area contributed by atoms with Crippen LogP contribution in [0, 0.1) is 11.8 Å². The summed E-state index contributed by atoms with van der Waals surface area (Å²) in [6, 6.07) is 0. The minimum atomic E-state index is -4.14. The van der Waals surface area contributed by atoms with Crippen molar-refractivity contribution in [1.29, 1.82) is 0 Å². The van der Waals surface area contributed by atoms with Crippen LogP contribution in [0.25, 0.3) is 0 Å². The third-order valence-electron chi connectivity index (χ3n) is 5.45. The maximum atomic E-state index is 12.7. The zero-order valence-electron chi connectivity index (χ0n) is 17.5. The molecule has 2 atom stereocenters. The number of rotatable bonds is 8. The predicted octanol–water partition coefficient (Wildman–Crippen LogP) is 1.74. The molecular formula is C19H36F3N5O. The fraction of sp³-hybridized carbons (Fsp3) is 0.947. The molecule has 0 aromatic rings. The van der Waals surface area contributed by atoms with Gasteiger partial charge in [0.2, 0.25) is 0 Å². The van der Waals surface area contributed by atoms with Gasteiger partial charge in [-0.2, -0.15) is 13.2 Å². The molecule has 2 saturated heterocycles. The molecule has 0 amide bonds. The third kappa shape index (κ3) is 8.13. The van der Waals surface area contributed by atoms with Crippen LogP contribution in [0.2, 0.25) is 0 Å². The van der Waals surface area contributed by atoms with Gasteiger partial charge in [-0.05, 0) is 24.8 Å². The number of nitrogens with one attached hydrogen (secondary N) is 1. The smallest absolute Gasteiger partial charge is 0.379 e. The zero-order valence-corrected chi connectivity index (χ0v) is 17.5. The summed E-state index contributed by atoms with van der Waals surface area (Å²) in [5, 5.41) is 3.45. The number of alkyl halides is 3. The number of halogens is 3. The molecule has 0 aromatic heterocycles. The molecule has 0 aliphatic carbocycles. The van der Waals surface area contributed by atoms with Crippen LogP contribution in [-0.2, 0) is 4.74 Å². The lowest BCUT2D eigenvalue weighted by Gasteiger charge is -2.30. The Labute approximate surface area is 167 Å². The van der Waals surface area contributed by atoms with Crippen molar-refractivity contribution in [3.63, 3.8) is 0 Å². The Hall–Kier alpha value is -1.06. The first-order chi connectivity index (χ1) is 13.3. The van der Waals surface area contributed by atoms with E-state index in [0.717, 1.165) is 64.9 Å². The maximum absolute atomic E-state index is 12.7. The number of morpholine rings is 1. The predicted molar refractivity (Wildman–Crippen MR) is 106 cm³/mol. The molecule has 2 fully saturated rings. The number of hydrogen-bond acceptors (Lipinski definition) is 4. The van der Waals surface area contributed by atoms with Crippen molar-refractivity contribution in [2.45, 2.75) is 26.4 Å². The molecule has 28 heavy (non-hydrogen) atoms. The van der Waals surface area contributed by atoms with Gasteiger partial charge < -0.3 is 15.0 Å². The molecule has 2 unspecified atom stereocenters. The number of nitrogens with zero attached hydrogens (tertiary/aromatic N) is 4. The Morgan fingerprint density at radius 3 is 2.61 bits per heavy atom. The average Bonchev–Trinajstić information content (AvgIpc) is 3.09. The van der Waals surface area contributed by atoms with Gasteiger partial charge in [0.25, 0.3) is 0 Å². The standard InChI is InChI=1S/C19H36F3N5O/c1-4-25(15-19(20,21)22)13-17-5-6-27(14-17)18(23-3)24-11-16(2)12-26-7-9-28-10-8-26/h16-17H,4-15H2,1-3H3,(H,23,24). The highest BCUT2D eigenvalue weighted by atomic mass is 19.4. The number of ether oxygens (including phenoxy) is 1. The van der Waals surface area contributed by atoms with Crippen molar-refractivity contribution in [3.05, 3.63) is 0 Å². The van der Waals surface area contributed by atoms with Gasteiger partial charge in [-0.15, -0.1) is 0 Å². The highest BCUT2D eigenvalue weighted by Crippen LogP contribution is 2.21. The lowest BCUT2D eigenvalue weighted by atomic mass is 10.1. The van der Waals surface area contributed by atoms with E-state index >= 15 is 0 Å². The zero-order chi connectivity index (χ0) is 20.6. The largest absolute Gasteiger partial charge is 0.401 e. The van der Waals surface area contributed by atoms with Crippen LogP contribution in [0.5, 0.6) is 0 Å². The van der Waals surface area contributed by atoms with Crippen LogP contribution in [-0.4, -0.2) is 106 Å². The summed E-state index contributed by atoms with van der Waals surface area (Å²) < 4.78 is 43.4. The van der Waals surface area contributed by atoms with Crippen LogP contribution < -0.4 is 5.32 Å². The Kier molecular flexibility index (Phi) is 9.30. The van der Waals surface area contributed by atoms with Crippen molar-refractivity contribution in [3.8, 4) is 0 Å². The summed E-state index contributed by atoms with van der Waals surface area (Å²) in [5.41, 5.74) is 0. The summed E-state index contributed by atoms with van der Waals surface area (Å²) in [6.45, 7) is 11.1. The van der Waals surface area contributed by atoms with Gasteiger partial charge in [-0.25, -0.2) is 0 Å². The van der Waals surface area contributed by atoms with E-state index in [1.54, 1.807) is 14.0 Å². The molecule has 0 spiro atoms. The minimum Gasteiger partial charge on any atom is -0.379 e. The summed E-state index contributed by atoms with van der Waals surface area (Å²) in [5.74, 6) is 1.58. The van der Waals surface area contributed by atoms with Crippen LogP contribution in [0.15, 0.2) is 4.99 Å². The molecule has 1 N–H and O–H groups in total. The highest BCUT2D eigenvalue weighted by molar-refractivity contribution is 5.80. The lowest BCUT2D eigenvalue weighted by Crippen LogP contribution is -2.45. The second-order valence-corrected chi connectivity index (χ2v) is 7.99. The van der Waals surface area contributed by atoms with Gasteiger partial charge in [-0.3, -0.25) is 14.8 Å². The normalized spacial score (nSPS) is 23.5. The van der Waals surface area contributed by atoms with E-state index in [9.17, 15) is 13.2 Å². The maximum Gasteiger partial charge on any atom is 0.401 e. The summed E-state index contributed by atoms with van der Waals surface area (Å²) in [7, 11) is 1.77. The molecular weight excluding hydrogens is 371 g/mol. The number of hydrogen-bond donors (Lipinski definition) is 1. The third-order valence-corrected chi connectivity index (χ3v) is 5.45. The Bertz CT molecular complexity index is 483. The van der Waals surface area contributed by atoms with Crippen LogP contribution in [0.3, 0.4) is 0 Å². The number of likely N-dealkylation sites (tertiary alicyclic amines) is 1. The van der Waals surface area contributed by atoms with Crippen molar-refractivity contribution in [2.24, 2.45) is 16.8 Å². The second-order valence-electron chi connectivity index (χ2n) is 7.99. The highest BCUT2D eigenvalue weighted by Gasteiger charge is 2.33. The first kappa shape index (κ1) is 23.2. The average molecular weight is 408 g/mol. The Morgan fingerprint density at radius 2 is 2.00 bits per heavy atom. The minimum absolute atomic E-state index is 0.242. The van der Waals surface area contributed by atoms with Gasteiger partial charge in [0.15, 0.2) is 5.96 Å². The Morgan fingerprint density at radius 1 is 1.29 bits per heavy atom. The monoisotopic (exact) mass is 407 g/mol. The molecule has 0 aromatic carbocycles. The van der Waals surface area contributed by atoms with E-state index in [-0.39, 0.29) is 5.92 Å². The van der Waals surface area contributed by atoms with Gasteiger partial charge >= 0.3 is 6.18 Å². The number of guanidine groups is 1.